The topological polar surface area (TPSA) is 58.6 Å². The van der Waals surface area contributed by atoms with Crippen molar-refractivity contribution in [3.8, 4) is 5.75 Å². The maximum Gasteiger partial charge on any atom is 0.311 e. The first-order valence-electron chi connectivity index (χ1n) is 6.31. The third-order valence-electron chi connectivity index (χ3n) is 3.58. The minimum atomic E-state index is -0.887. The van der Waals surface area contributed by atoms with Crippen molar-refractivity contribution in [1.82, 2.24) is 5.32 Å². The van der Waals surface area contributed by atoms with E-state index in [2.05, 4.69) is 5.32 Å². The van der Waals surface area contributed by atoms with Crippen LogP contribution in [-0.4, -0.2) is 25.2 Å². The molecule has 0 amide bonds. The fraction of sp³-hybridized carbons (Fsp3) is 0.533. The van der Waals surface area contributed by atoms with Crippen LogP contribution in [0.15, 0.2) is 12.1 Å². The zero-order chi connectivity index (χ0) is 14.8. The Labute approximate surface area is 114 Å². The molecule has 0 aliphatic rings. The number of aliphatic carboxylic acids is 1. The van der Waals surface area contributed by atoms with Crippen LogP contribution in [0, 0.1) is 19.3 Å². The van der Waals surface area contributed by atoms with Gasteiger partial charge in [-0.05, 0) is 51.4 Å². The molecular formula is C15H23NO3. The molecule has 0 aliphatic carbocycles. The van der Waals surface area contributed by atoms with Crippen LogP contribution in [-0.2, 0) is 4.79 Å². The smallest absolute Gasteiger partial charge is 0.311 e. The summed E-state index contributed by atoms with van der Waals surface area (Å²) in [6.07, 6.45) is 0. The Balaban J connectivity index is 3.32. The van der Waals surface area contributed by atoms with E-state index >= 15 is 0 Å². The molecule has 1 rings (SSSR count). The molecule has 0 fully saturated rings. The van der Waals surface area contributed by atoms with E-state index in [1.165, 1.54) is 0 Å². The number of aryl methyl sites for hydroxylation is 2. The van der Waals surface area contributed by atoms with Gasteiger partial charge in [-0.1, -0.05) is 12.1 Å². The van der Waals surface area contributed by atoms with E-state index < -0.39 is 11.4 Å². The van der Waals surface area contributed by atoms with Crippen LogP contribution in [0.25, 0.3) is 0 Å². The fourth-order valence-electron chi connectivity index (χ4n) is 2.54. The molecule has 0 aliphatic heterocycles. The van der Waals surface area contributed by atoms with E-state index in [0.717, 1.165) is 22.4 Å². The minimum absolute atomic E-state index is 0.256. The second kappa shape index (κ2) is 5.61. The van der Waals surface area contributed by atoms with Crippen molar-refractivity contribution in [3.05, 3.63) is 28.8 Å². The molecule has 0 saturated carbocycles. The second-order valence-corrected chi connectivity index (χ2v) is 5.44. The molecule has 0 radical (unpaired) electrons. The molecule has 0 bridgehead atoms. The first-order chi connectivity index (χ1) is 8.75. The number of methoxy groups -OCH3 is 1. The van der Waals surface area contributed by atoms with Crippen molar-refractivity contribution < 1.29 is 14.6 Å². The lowest BCUT2D eigenvalue weighted by molar-refractivity contribution is -0.148. The molecule has 0 spiro atoms. The lowest BCUT2D eigenvalue weighted by Crippen LogP contribution is -2.38. The molecule has 106 valence electrons. The van der Waals surface area contributed by atoms with Crippen molar-refractivity contribution in [2.75, 3.05) is 14.2 Å². The molecule has 1 aromatic rings. The minimum Gasteiger partial charge on any atom is -0.496 e. The van der Waals surface area contributed by atoms with Gasteiger partial charge in [-0.25, -0.2) is 0 Å². The Morgan fingerprint density at radius 1 is 1.32 bits per heavy atom. The first kappa shape index (κ1) is 15.5. The normalized spacial score (nSPS) is 13.2. The summed E-state index contributed by atoms with van der Waals surface area (Å²) in [5.41, 5.74) is 2.10. The van der Waals surface area contributed by atoms with Crippen LogP contribution in [0.1, 0.15) is 36.6 Å². The summed E-state index contributed by atoms with van der Waals surface area (Å²) < 4.78 is 5.34. The highest BCUT2D eigenvalue weighted by Crippen LogP contribution is 2.36. The summed E-state index contributed by atoms with van der Waals surface area (Å²) >= 11 is 0. The third-order valence-corrected chi connectivity index (χ3v) is 3.58. The number of hydrogen-bond acceptors (Lipinski definition) is 3. The van der Waals surface area contributed by atoms with E-state index in [0.29, 0.717) is 0 Å². The molecule has 1 atom stereocenters. The zero-order valence-corrected chi connectivity index (χ0v) is 12.5. The molecular weight excluding hydrogens is 242 g/mol. The monoisotopic (exact) mass is 265 g/mol. The van der Waals surface area contributed by atoms with Crippen molar-refractivity contribution >= 4 is 5.97 Å². The Hall–Kier alpha value is -1.55. The lowest BCUT2D eigenvalue weighted by Gasteiger charge is -2.31. The predicted octanol–water partition coefficient (Wildman–Crippen LogP) is 2.68. The van der Waals surface area contributed by atoms with Gasteiger partial charge in [0, 0.05) is 6.04 Å². The van der Waals surface area contributed by atoms with Crippen molar-refractivity contribution in [2.45, 2.75) is 33.7 Å². The summed E-state index contributed by atoms with van der Waals surface area (Å²) in [4.78, 5) is 11.4. The van der Waals surface area contributed by atoms with Crippen LogP contribution >= 0.6 is 0 Å². The van der Waals surface area contributed by atoms with Gasteiger partial charge in [0.2, 0.25) is 0 Å². The Kier molecular flexibility index (Phi) is 4.58. The van der Waals surface area contributed by atoms with Gasteiger partial charge in [-0.15, -0.1) is 0 Å². The molecule has 4 heteroatoms. The van der Waals surface area contributed by atoms with E-state index in [-0.39, 0.29) is 6.04 Å². The highest BCUT2D eigenvalue weighted by molar-refractivity contribution is 5.75. The molecule has 1 aromatic carbocycles. The summed E-state index contributed by atoms with van der Waals surface area (Å²) in [5, 5.41) is 12.5. The Bertz CT molecular complexity index is 457. The van der Waals surface area contributed by atoms with Crippen LogP contribution < -0.4 is 10.1 Å². The quantitative estimate of drug-likeness (QED) is 0.859. The van der Waals surface area contributed by atoms with Gasteiger partial charge in [0.05, 0.1) is 12.5 Å². The van der Waals surface area contributed by atoms with E-state index in [9.17, 15) is 9.90 Å². The van der Waals surface area contributed by atoms with Crippen LogP contribution in [0.2, 0.25) is 0 Å². The highest BCUT2D eigenvalue weighted by Gasteiger charge is 2.37. The number of hydrogen-bond donors (Lipinski definition) is 2. The van der Waals surface area contributed by atoms with Gasteiger partial charge in [0.25, 0.3) is 0 Å². The fourth-order valence-corrected chi connectivity index (χ4v) is 2.54. The Morgan fingerprint density at radius 3 is 2.11 bits per heavy atom. The second-order valence-electron chi connectivity index (χ2n) is 5.44. The van der Waals surface area contributed by atoms with Gasteiger partial charge in [-0.3, -0.25) is 4.79 Å². The summed E-state index contributed by atoms with van der Waals surface area (Å²) in [6.45, 7) is 7.39. The number of rotatable bonds is 5. The largest absolute Gasteiger partial charge is 0.496 e. The molecule has 0 aromatic heterocycles. The third kappa shape index (κ3) is 2.89. The van der Waals surface area contributed by atoms with Crippen LogP contribution in [0.5, 0.6) is 5.75 Å². The number of carboxylic acid groups (broad SMARTS) is 1. The van der Waals surface area contributed by atoms with Crippen LogP contribution in [0.3, 0.4) is 0 Å². The lowest BCUT2D eigenvalue weighted by atomic mass is 9.79. The molecule has 0 heterocycles. The van der Waals surface area contributed by atoms with Gasteiger partial charge in [-0.2, -0.15) is 0 Å². The van der Waals surface area contributed by atoms with E-state index in [4.69, 9.17) is 4.74 Å². The number of carboxylic acids is 1. The van der Waals surface area contributed by atoms with Crippen molar-refractivity contribution in [1.29, 1.82) is 0 Å². The average molecular weight is 265 g/mol. The zero-order valence-electron chi connectivity index (χ0n) is 12.5. The predicted molar refractivity (Wildman–Crippen MR) is 75.7 cm³/mol. The van der Waals surface area contributed by atoms with E-state index in [1.807, 2.05) is 26.0 Å². The first-order valence-corrected chi connectivity index (χ1v) is 6.31. The number of ether oxygens (including phenoxy) is 1. The maximum absolute atomic E-state index is 11.4. The van der Waals surface area contributed by atoms with Crippen LogP contribution in [0.4, 0.5) is 0 Å². The van der Waals surface area contributed by atoms with E-state index in [1.54, 1.807) is 28.0 Å². The SMILES string of the molecule is CNC(c1cc(C)c(OC)c(C)c1)C(C)(C)C(=O)O. The van der Waals surface area contributed by atoms with Crippen molar-refractivity contribution in [2.24, 2.45) is 5.41 Å². The van der Waals surface area contributed by atoms with Gasteiger partial charge in [0.15, 0.2) is 0 Å². The number of carbonyl (C=O) groups is 1. The molecule has 19 heavy (non-hydrogen) atoms. The number of nitrogens with one attached hydrogen (secondary N) is 1. The number of benzene rings is 1. The van der Waals surface area contributed by atoms with Gasteiger partial charge in [0.1, 0.15) is 5.75 Å². The summed E-state index contributed by atoms with van der Waals surface area (Å²) in [6, 6.07) is 3.71. The van der Waals surface area contributed by atoms with Gasteiger partial charge >= 0.3 is 5.97 Å². The van der Waals surface area contributed by atoms with Crippen molar-refractivity contribution in [3.63, 3.8) is 0 Å². The molecule has 0 saturated heterocycles. The average Bonchev–Trinajstić information content (AvgIpc) is 2.28. The molecule has 2 N–H and O–H groups in total. The molecule has 4 nitrogen and oxygen atoms in total. The molecule has 1 unspecified atom stereocenters. The maximum atomic E-state index is 11.4. The summed E-state index contributed by atoms with van der Waals surface area (Å²) in [7, 11) is 3.43. The standard InChI is InChI=1S/C15H23NO3/c1-9-7-11(8-10(2)12(9)19-6)13(16-5)15(3,4)14(17)18/h7-8,13,16H,1-6H3,(H,17,18). The van der Waals surface area contributed by atoms with Gasteiger partial charge < -0.3 is 15.2 Å². The Morgan fingerprint density at radius 2 is 1.79 bits per heavy atom. The summed E-state index contributed by atoms with van der Waals surface area (Å²) in [5.74, 6) is 0.0321. The highest BCUT2D eigenvalue weighted by atomic mass is 16.5.